The van der Waals surface area contributed by atoms with Crippen LogP contribution in [0.1, 0.15) is 73.1 Å². The third-order valence-electron chi connectivity index (χ3n) is 5.23. The third kappa shape index (κ3) is 2.60. The Labute approximate surface area is 112 Å². The van der Waals surface area contributed by atoms with Crippen LogP contribution in [-0.4, -0.2) is 22.4 Å². The standard InChI is InChI=1S/C16H30O2/c1-14(2)11-12(15(3,4)18-14)13(17)16(5)9-7-6-8-10-16/h12-13,17H,6-11H2,1-5H3. The molecule has 0 aromatic heterocycles. The van der Waals surface area contributed by atoms with E-state index in [1.54, 1.807) is 0 Å². The van der Waals surface area contributed by atoms with Gasteiger partial charge in [-0.2, -0.15) is 0 Å². The van der Waals surface area contributed by atoms with Crippen molar-refractivity contribution in [3.05, 3.63) is 0 Å². The zero-order chi connectivity index (χ0) is 13.6. The van der Waals surface area contributed by atoms with E-state index >= 15 is 0 Å². The minimum Gasteiger partial charge on any atom is -0.392 e. The maximum atomic E-state index is 10.9. The number of hydrogen-bond donors (Lipinski definition) is 1. The van der Waals surface area contributed by atoms with Crippen LogP contribution in [0.5, 0.6) is 0 Å². The third-order valence-corrected chi connectivity index (χ3v) is 5.23. The zero-order valence-corrected chi connectivity index (χ0v) is 12.8. The second-order valence-corrected chi connectivity index (χ2v) is 7.94. The van der Waals surface area contributed by atoms with Crippen molar-refractivity contribution < 1.29 is 9.84 Å². The molecule has 0 aromatic rings. The van der Waals surface area contributed by atoms with Crippen LogP contribution in [0.3, 0.4) is 0 Å². The highest BCUT2D eigenvalue weighted by Crippen LogP contribution is 2.50. The first kappa shape index (κ1) is 14.3. The molecule has 1 saturated carbocycles. The van der Waals surface area contributed by atoms with Gasteiger partial charge in [0.05, 0.1) is 17.3 Å². The Kier molecular flexibility index (Phi) is 3.57. The number of aliphatic hydroxyl groups is 1. The van der Waals surface area contributed by atoms with Crippen LogP contribution in [0.15, 0.2) is 0 Å². The molecule has 2 rings (SSSR count). The maximum absolute atomic E-state index is 10.9. The SMILES string of the molecule is CC1(C)CC(C(O)C2(C)CCCCC2)C(C)(C)O1. The zero-order valence-electron chi connectivity index (χ0n) is 12.8. The van der Waals surface area contributed by atoms with Gasteiger partial charge in [-0.1, -0.05) is 26.2 Å². The lowest BCUT2D eigenvalue weighted by molar-refractivity contribution is -0.109. The minimum absolute atomic E-state index is 0.0971. The van der Waals surface area contributed by atoms with Gasteiger partial charge in [0.25, 0.3) is 0 Å². The van der Waals surface area contributed by atoms with Crippen LogP contribution in [0.2, 0.25) is 0 Å². The van der Waals surface area contributed by atoms with Gasteiger partial charge in [-0.05, 0) is 52.4 Å². The van der Waals surface area contributed by atoms with E-state index in [-0.39, 0.29) is 28.6 Å². The summed E-state index contributed by atoms with van der Waals surface area (Å²) in [5, 5.41) is 10.9. The molecule has 1 aliphatic heterocycles. The first-order valence-electron chi connectivity index (χ1n) is 7.55. The Morgan fingerprint density at radius 2 is 1.56 bits per heavy atom. The van der Waals surface area contributed by atoms with Crippen LogP contribution in [0, 0.1) is 11.3 Å². The van der Waals surface area contributed by atoms with Crippen molar-refractivity contribution in [2.24, 2.45) is 11.3 Å². The van der Waals surface area contributed by atoms with Crippen LogP contribution in [0.4, 0.5) is 0 Å². The first-order valence-corrected chi connectivity index (χ1v) is 7.55. The molecule has 18 heavy (non-hydrogen) atoms. The van der Waals surface area contributed by atoms with Gasteiger partial charge in [-0.25, -0.2) is 0 Å². The lowest BCUT2D eigenvalue weighted by Gasteiger charge is -2.43. The molecular weight excluding hydrogens is 224 g/mol. The average molecular weight is 254 g/mol. The van der Waals surface area contributed by atoms with E-state index in [4.69, 9.17) is 4.74 Å². The minimum atomic E-state index is -0.227. The molecule has 2 nitrogen and oxygen atoms in total. The molecule has 0 bridgehead atoms. The fourth-order valence-corrected chi connectivity index (χ4v) is 4.24. The maximum Gasteiger partial charge on any atom is 0.0687 e. The Morgan fingerprint density at radius 3 is 2.00 bits per heavy atom. The lowest BCUT2D eigenvalue weighted by atomic mass is 9.65. The molecule has 1 saturated heterocycles. The largest absolute Gasteiger partial charge is 0.392 e. The van der Waals surface area contributed by atoms with Crippen LogP contribution in [-0.2, 0) is 4.74 Å². The van der Waals surface area contributed by atoms with Gasteiger partial charge in [-0.3, -0.25) is 0 Å². The van der Waals surface area contributed by atoms with Gasteiger partial charge < -0.3 is 9.84 Å². The van der Waals surface area contributed by atoms with Gasteiger partial charge in [0.1, 0.15) is 0 Å². The predicted octanol–water partition coefficient (Wildman–Crippen LogP) is 3.91. The summed E-state index contributed by atoms with van der Waals surface area (Å²) in [6.07, 6.45) is 6.95. The molecule has 2 atom stereocenters. The predicted molar refractivity (Wildman–Crippen MR) is 74.5 cm³/mol. The number of hydrogen-bond acceptors (Lipinski definition) is 2. The van der Waals surface area contributed by atoms with E-state index in [1.165, 1.54) is 32.1 Å². The molecular formula is C16H30O2. The van der Waals surface area contributed by atoms with Crippen LogP contribution in [0.25, 0.3) is 0 Å². The molecule has 2 fully saturated rings. The molecule has 1 aliphatic carbocycles. The van der Waals surface area contributed by atoms with Crippen molar-refractivity contribution in [3.63, 3.8) is 0 Å². The Balaban J connectivity index is 2.15. The number of rotatable bonds is 2. The van der Waals surface area contributed by atoms with E-state index in [0.29, 0.717) is 0 Å². The summed E-state index contributed by atoms with van der Waals surface area (Å²) in [5.41, 5.74) is -0.201. The van der Waals surface area contributed by atoms with Crippen molar-refractivity contribution in [1.29, 1.82) is 0 Å². The van der Waals surface area contributed by atoms with Crippen molar-refractivity contribution in [2.75, 3.05) is 0 Å². The molecule has 0 aromatic carbocycles. The number of aliphatic hydroxyl groups excluding tert-OH is 1. The molecule has 1 N–H and O–H groups in total. The van der Waals surface area contributed by atoms with E-state index in [1.807, 2.05) is 0 Å². The van der Waals surface area contributed by atoms with Gasteiger partial charge in [0.2, 0.25) is 0 Å². The molecule has 0 amide bonds. The van der Waals surface area contributed by atoms with Gasteiger partial charge in [0.15, 0.2) is 0 Å². The monoisotopic (exact) mass is 254 g/mol. The molecule has 2 unspecified atom stereocenters. The summed E-state index contributed by atoms with van der Waals surface area (Å²) >= 11 is 0. The average Bonchev–Trinajstić information content (AvgIpc) is 2.46. The summed E-state index contributed by atoms with van der Waals surface area (Å²) in [5.74, 6) is 0.260. The highest BCUT2D eigenvalue weighted by molar-refractivity contribution is 5.02. The highest BCUT2D eigenvalue weighted by atomic mass is 16.5. The van der Waals surface area contributed by atoms with Crippen molar-refractivity contribution in [3.8, 4) is 0 Å². The second kappa shape index (κ2) is 4.49. The first-order chi connectivity index (χ1) is 8.16. The summed E-state index contributed by atoms with van der Waals surface area (Å²) in [6.45, 7) is 10.8. The summed E-state index contributed by atoms with van der Waals surface area (Å²) in [6, 6.07) is 0. The van der Waals surface area contributed by atoms with Crippen molar-refractivity contribution in [1.82, 2.24) is 0 Å². The van der Waals surface area contributed by atoms with E-state index in [0.717, 1.165) is 6.42 Å². The quantitative estimate of drug-likeness (QED) is 0.809. The Hall–Kier alpha value is -0.0800. The van der Waals surface area contributed by atoms with Gasteiger partial charge >= 0.3 is 0 Å². The summed E-state index contributed by atoms with van der Waals surface area (Å²) in [7, 11) is 0. The molecule has 0 spiro atoms. The summed E-state index contributed by atoms with van der Waals surface area (Å²) < 4.78 is 6.15. The molecule has 1 heterocycles. The fraction of sp³-hybridized carbons (Fsp3) is 1.00. The van der Waals surface area contributed by atoms with Crippen molar-refractivity contribution in [2.45, 2.75) is 90.4 Å². The highest BCUT2D eigenvalue weighted by Gasteiger charge is 2.52. The fourth-order valence-electron chi connectivity index (χ4n) is 4.24. The van der Waals surface area contributed by atoms with Crippen molar-refractivity contribution >= 4 is 0 Å². The van der Waals surface area contributed by atoms with E-state index < -0.39 is 0 Å². The van der Waals surface area contributed by atoms with E-state index in [9.17, 15) is 5.11 Å². The topological polar surface area (TPSA) is 29.5 Å². The van der Waals surface area contributed by atoms with E-state index in [2.05, 4.69) is 34.6 Å². The number of ether oxygens (including phenoxy) is 1. The molecule has 2 heteroatoms. The Morgan fingerprint density at radius 1 is 1.00 bits per heavy atom. The molecule has 0 radical (unpaired) electrons. The normalized spacial score (nSPS) is 35.3. The Bertz CT molecular complexity index is 300. The smallest absolute Gasteiger partial charge is 0.0687 e. The second-order valence-electron chi connectivity index (χ2n) is 7.94. The summed E-state index contributed by atoms with van der Waals surface area (Å²) in [4.78, 5) is 0. The molecule has 106 valence electrons. The lowest BCUT2D eigenvalue weighted by Crippen LogP contribution is -2.46. The van der Waals surface area contributed by atoms with Gasteiger partial charge in [-0.15, -0.1) is 0 Å². The molecule has 2 aliphatic rings. The van der Waals surface area contributed by atoms with Gasteiger partial charge in [0, 0.05) is 5.92 Å². The van der Waals surface area contributed by atoms with Crippen LogP contribution >= 0.6 is 0 Å². The van der Waals surface area contributed by atoms with Crippen LogP contribution < -0.4 is 0 Å².